The molecule has 0 aromatic carbocycles. The summed E-state index contributed by atoms with van der Waals surface area (Å²) in [4.78, 5) is 0. The monoisotopic (exact) mass is 353 g/mol. The van der Waals surface area contributed by atoms with Crippen LogP contribution < -0.4 is 5.73 Å². The first kappa shape index (κ1) is 17.7. The molecule has 0 amide bonds. The van der Waals surface area contributed by atoms with Gasteiger partial charge >= 0.3 is 0 Å². The van der Waals surface area contributed by atoms with E-state index >= 15 is 0 Å². The Bertz CT molecular complexity index is 217. The highest BCUT2D eigenvalue weighted by molar-refractivity contribution is 14.0. The predicted octanol–water partition coefficient (Wildman–Crippen LogP) is 4.97. The lowest BCUT2D eigenvalue weighted by molar-refractivity contribution is 0.124. The molecular formula is C15H32IN. The minimum atomic E-state index is 0. The number of rotatable bonds is 4. The van der Waals surface area contributed by atoms with Gasteiger partial charge in [0, 0.05) is 5.54 Å². The van der Waals surface area contributed by atoms with Crippen LogP contribution >= 0.6 is 24.0 Å². The average molecular weight is 353 g/mol. The molecule has 1 aliphatic carbocycles. The van der Waals surface area contributed by atoms with Crippen LogP contribution in [0.25, 0.3) is 0 Å². The van der Waals surface area contributed by atoms with Gasteiger partial charge in [-0.3, -0.25) is 0 Å². The standard InChI is InChI=1S/C15H31N.HI/c1-12-9-13(11-14(2,3)10-12)7-6-8-15(4,5)16;/h12-13H,6-11,16H2,1-5H3;1H. The van der Waals surface area contributed by atoms with E-state index in [0.717, 1.165) is 18.3 Å². The summed E-state index contributed by atoms with van der Waals surface area (Å²) in [6, 6.07) is 0. The maximum Gasteiger partial charge on any atom is 0.00970 e. The third-order valence-electron chi connectivity index (χ3n) is 3.91. The van der Waals surface area contributed by atoms with Crippen molar-refractivity contribution in [1.82, 2.24) is 0 Å². The van der Waals surface area contributed by atoms with Gasteiger partial charge in [0.25, 0.3) is 0 Å². The molecule has 1 fully saturated rings. The zero-order valence-electron chi connectivity index (χ0n) is 12.4. The van der Waals surface area contributed by atoms with E-state index in [1.165, 1.54) is 32.1 Å². The van der Waals surface area contributed by atoms with Crippen LogP contribution in [0, 0.1) is 17.3 Å². The Morgan fingerprint density at radius 1 is 1.24 bits per heavy atom. The molecule has 2 heteroatoms. The second kappa shape index (κ2) is 6.74. The Morgan fingerprint density at radius 2 is 1.82 bits per heavy atom. The van der Waals surface area contributed by atoms with Gasteiger partial charge in [-0.15, -0.1) is 24.0 Å². The molecule has 1 rings (SSSR count). The summed E-state index contributed by atoms with van der Waals surface area (Å²) in [5.74, 6) is 1.86. The van der Waals surface area contributed by atoms with Crippen molar-refractivity contribution in [3.63, 3.8) is 0 Å². The highest BCUT2D eigenvalue weighted by Crippen LogP contribution is 2.43. The van der Waals surface area contributed by atoms with Crippen LogP contribution in [0.4, 0.5) is 0 Å². The molecule has 0 aliphatic heterocycles. The van der Waals surface area contributed by atoms with Crippen molar-refractivity contribution in [2.24, 2.45) is 23.0 Å². The molecule has 1 nitrogen and oxygen atoms in total. The Morgan fingerprint density at radius 3 is 2.29 bits per heavy atom. The van der Waals surface area contributed by atoms with Crippen LogP contribution in [0.15, 0.2) is 0 Å². The predicted molar refractivity (Wildman–Crippen MR) is 87.8 cm³/mol. The summed E-state index contributed by atoms with van der Waals surface area (Å²) in [6.45, 7) is 11.6. The van der Waals surface area contributed by atoms with Crippen molar-refractivity contribution in [2.45, 2.75) is 78.7 Å². The van der Waals surface area contributed by atoms with Crippen LogP contribution in [-0.4, -0.2) is 5.54 Å². The Kier molecular flexibility index (Phi) is 7.01. The summed E-state index contributed by atoms with van der Waals surface area (Å²) in [7, 11) is 0. The van der Waals surface area contributed by atoms with Crippen molar-refractivity contribution in [1.29, 1.82) is 0 Å². The van der Waals surface area contributed by atoms with Gasteiger partial charge in [-0.2, -0.15) is 0 Å². The van der Waals surface area contributed by atoms with E-state index in [4.69, 9.17) is 5.73 Å². The molecule has 2 atom stereocenters. The van der Waals surface area contributed by atoms with E-state index in [2.05, 4.69) is 34.6 Å². The topological polar surface area (TPSA) is 26.0 Å². The van der Waals surface area contributed by atoms with Crippen LogP contribution in [0.2, 0.25) is 0 Å². The zero-order valence-corrected chi connectivity index (χ0v) is 14.7. The molecule has 0 radical (unpaired) electrons. The molecule has 0 heterocycles. The number of hydrogen-bond acceptors (Lipinski definition) is 1. The smallest absolute Gasteiger partial charge is 0.00970 e. The fourth-order valence-electron chi connectivity index (χ4n) is 3.61. The third-order valence-corrected chi connectivity index (χ3v) is 3.91. The van der Waals surface area contributed by atoms with E-state index < -0.39 is 0 Å². The molecule has 0 spiro atoms. The van der Waals surface area contributed by atoms with Crippen molar-refractivity contribution in [3.05, 3.63) is 0 Å². The number of halogens is 1. The molecule has 2 N–H and O–H groups in total. The zero-order chi connectivity index (χ0) is 12.4. The Hall–Kier alpha value is 0.690. The van der Waals surface area contributed by atoms with Gasteiger partial charge in [-0.1, -0.05) is 33.6 Å². The Labute approximate surface area is 125 Å². The van der Waals surface area contributed by atoms with E-state index in [-0.39, 0.29) is 29.5 Å². The van der Waals surface area contributed by atoms with Crippen LogP contribution in [0.3, 0.4) is 0 Å². The van der Waals surface area contributed by atoms with Crippen molar-refractivity contribution < 1.29 is 0 Å². The van der Waals surface area contributed by atoms with Gasteiger partial charge in [0.2, 0.25) is 0 Å². The number of nitrogens with two attached hydrogens (primary N) is 1. The van der Waals surface area contributed by atoms with Gasteiger partial charge < -0.3 is 5.73 Å². The summed E-state index contributed by atoms with van der Waals surface area (Å²) in [6.07, 6.45) is 8.12. The molecule has 0 saturated heterocycles. The van der Waals surface area contributed by atoms with E-state index in [0.29, 0.717) is 5.41 Å². The number of hydrogen-bond donors (Lipinski definition) is 1. The normalized spacial score (nSPS) is 28.6. The lowest BCUT2D eigenvalue weighted by Gasteiger charge is -2.39. The van der Waals surface area contributed by atoms with Gasteiger partial charge in [-0.25, -0.2) is 0 Å². The van der Waals surface area contributed by atoms with Gasteiger partial charge in [0.1, 0.15) is 0 Å². The largest absolute Gasteiger partial charge is 0.326 e. The summed E-state index contributed by atoms with van der Waals surface area (Å²) < 4.78 is 0. The summed E-state index contributed by atoms with van der Waals surface area (Å²) >= 11 is 0. The minimum Gasteiger partial charge on any atom is -0.326 e. The second-order valence-corrected chi connectivity index (χ2v) is 7.66. The average Bonchev–Trinajstić information content (AvgIpc) is 1.96. The highest BCUT2D eigenvalue weighted by Gasteiger charge is 2.31. The maximum atomic E-state index is 6.03. The third kappa shape index (κ3) is 7.66. The molecule has 0 bridgehead atoms. The minimum absolute atomic E-state index is 0. The highest BCUT2D eigenvalue weighted by atomic mass is 127. The fourth-order valence-corrected chi connectivity index (χ4v) is 3.61. The molecular weight excluding hydrogens is 321 g/mol. The molecule has 2 unspecified atom stereocenters. The van der Waals surface area contributed by atoms with E-state index in [1.54, 1.807) is 0 Å². The van der Waals surface area contributed by atoms with E-state index in [1.807, 2.05) is 0 Å². The lowest BCUT2D eigenvalue weighted by Crippen LogP contribution is -2.32. The van der Waals surface area contributed by atoms with E-state index in [9.17, 15) is 0 Å². The molecule has 1 saturated carbocycles. The lowest BCUT2D eigenvalue weighted by atomic mass is 9.67. The van der Waals surface area contributed by atoms with Crippen LogP contribution in [0.5, 0.6) is 0 Å². The van der Waals surface area contributed by atoms with Gasteiger partial charge in [0.05, 0.1) is 0 Å². The quantitative estimate of drug-likeness (QED) is 0.709. The van der Waals surface area contributed by atoms with Crippen LogP contribution in [-0.2, 0) is 0 Å². The molecule has 104 valence electrons. The molecule has 17 heavy (non-hydrogen) atoms. The van der Waals surface area contributed by atoms with Crippen molar-refractivity contribution in [2.75, 3.05) is 0 Å². The SMILES string of the molecule is CC1CC(CCCC(C)(C)N)CC(C)(C)C1.I. The van der Waals surface area contributed by atoms with Crippen LogP contribution in [0.1, 0.15) is 73.1 Å². The Balaban J connectivity index is 0.00000256. The van der Waals surface area contributed by atoms with Gasteiger partial charge in [0.15, 0.2) is 0 Å². The fraction of sp³-hybridized carbons (Fsp3) is 1.00. The second-order valence-electron chi connectivity index (χ2n) is 7.66. The molecule has 0 aromatic heterocycles. The first-order valence-electron chi connectivity index (χ1n) is 6.97. The first-order valence-corrected chi connectivity index (χ1v) is 6.97. The van der Waals surface area contributed by atoms with Crippen molar-refractivity contribution in [3.8, 4) is 0 Å². The maximum absolute atomic E-state index is 6.03. The summed E-state index contributed by atoms with van der Waals surface area (Å²) in [5, 5.41) is 0. The summed E-state index contributed by atoms with van der Waals surface area (Å²) in [5.41, 5.74) is 6.63. The first-order chi connectivity index (χ1) is 7.18. The molecule has 1 aliphatic rings. The van der Waals surface area contributed by atoms with Gasteiger partial charge in [-0.05, 0) is 56.8 Å². The van der Waals surface area contributed by atoms with Crippen molar-refractivity contribution >= 4 is 24.0 Å². The molecule has 0 aromatic rings.